The summed E-state index contributed by atoms with van der Waals surface area (Å²) in [5.41, 5.74) is -0.0632. The molecule has 0 saturated carbocycles. The van der Waals surface area contributed by atoms with Crippen LogP contribution in [0.25, 0.3) is 10.9 Å². The van der Waals surface area contributed by atoms with Crippen molar-refractivity contribution in [2.75, 3.05) is 18.0 Å². The molecule has 3 rings (SSSR count). The first-order valence-corrected chi connectivity index (χ1v) is 7.31. The van der Waals surface area contributed by atoms with Gasteiger partial charge in [0.25, 0.3) is 0 Å². The minimum Gasteiger partial charge on any atom is -0.369 e. The number of carbonyl (C=O) groups excluding carboxylic acids is 1. The Kier molecular flexibility index (Phi) is 3.87. The van der Waals surface area contributed by atoms with Crippen LogP contribution in [0, 0.1) is 5.92 Å². The van der Waals surface area contributed by atoms with Crippen molar-refractivity contribution in [3.63, 3.8) is 0 Å². The number of carbonyl (C=O) groups is 1. The van der Waals surface area contributed by atoms with Crippen molar-refractivity contribution < 1.29 is 18.0 Å². The number of benzene rings is 1. The van der Waals surface area contributed by atoms with Crippen LogP contribution < -0.4 is 10.2 Å². The lowest BCUT2D eigenvalue weighted by molar-refractivity contribution is -0.136. The van der Waals surface area contributed by atoms with Gasteiger partial charge in [0, 0.05) is 30.4 Å². The molecule has 2 atom stereocenters. The molecule has 1 amide bonds. The average Bonchev–Trinajstić information content (AvgIpc) is 2.86. The number of anilines is 1. The number of aromatic nitrogens is 1. The maximum Gasteiger partial charge on any atom is 0.418 e. The fraction of sp³-hybridized carbons (Fsp3) is 0.375. The number of rotatable bonds is 3. The Bertz CT molecular complexity index is 732. The number of amides is 1. The van der Waals surface area contributed by atoms with Crippen molar-refractivity contribution in [1.29, 1.82) is 0 Å². The summed E-state index contributed by atoms with van der Waals surface area (Å²) < 4.78 is 39.4. The molecule has 1 saturated heterocycles. The summed E-state index contributed by atoms with van der Waals surface area (Å²) in [7, 11) is 0. The predicted molar refractivity (Wildman–Crippen MR) is 81.1 cm³/mol. The molecule has 0 aliphatic carbocycles. The molecular weight excluding hydrogens is 307 g/mol. The number of nitrogens with zero attached hydrogens (tertiary/aromatic N) is 2. The van der Waals surface area contributed by atoms with Crippen molar-refractivity contribution in [3.8, 4) is 0 Å². The highest BCUT2D eigenvalue weighted by atomic mass is 19.4. The third kappa shape index (κ3) is 2.83. The predicted octanol–water partition coefficient (Wildman–Crippen LogP) is 2.82. The van der Waals surface area contributed by atoms with Gasteiger partial charge in [-0.2, -0.15) is 13.2 Å². The Hall–Kier alpha value is -2.31. The van der Waals surface area contributed by atoms with E-state index in [9.17, 15) is 18.0 Å². The first kappa shape index (κ1) is 15.6. The molecule has 23 heavy (non-hydrogen) atoms. The van der Waals surface area contributed by atoms with Gasteiger partial charge in [-0.05, 0) is 30.2 Å². The molecule has 0 radical (unpaired) electrons. The summed E-state index contributed by atoms with van der Waals surface area (Å²) in [5, 5.41) is 3.23. The number of halogens is 3. The Balaban J connectivity index is 2.05. The van der Waals surface area contributed by atoms with E-state index in [1.54, 1.807) is 12.1 Å². The van der Waals surface area contributed by atoms with Crippen molar-refractivity contribution in [2.24, 2.45) is 5.92 Å². The van der Waals surface area contributed by atoms with Crippen LogP contribution in [0.1, 0.15) is 12.5 Å². The number of hydrogen-bond donors (Lipinski definition) is 1. The second-order valence-electron chi connectivity index (χ2n) is 5.80. The second kappa shape index (κ2) is 5.72. The molecule has 1 aliphatic heterocycles. The molecule has 1 aliphatic rings. The van der Waals surface area contributed by atoms with Gasteiger partial charge < -0.3 is 10.2 Å². The number of hydrogen-bond acceptors (Lipinski definition) is 3. The third-order valence-corrected chi connectivity index (χ3v) is 4.29. The van der Waals surface area contributed by atoms with E-state index in [0.717, 1.165) is 6.07 Å². The highest BCUT2D eigenvalue weighted by molar-refractivity contribution is 5.94. The van der Waals surface area contributed by atoms with E-state index in [-0.39, 0.29) is 17.5 Å². The van der Waals surface area contributed by atoms with Gasteiger partial charge in [0.2, 0.25) is 6.41 Å². The molecular formula is C16H16F3N3O. The zero-order chi connectivity index (χ0) is 16.6. The SMILES string of the molecule is CC1CN(c2ccc(C(F)(F)F)c3ncccc23)CC1NC=O. The quantitative estimate of drug-likeness (QED) is 0.884. The lowest BCUT2D eigenvalue weighted by Gasteiger charge is -2.22. The minimum absolute atomic E-state index is 0.0125. The Labute approximate surface area is 131 Å². The Morgan fingerprint density at radius 2 is 2.09 bits per heavy atom. The average molecular weight is 323 g/mol. The highest BCUT2D eigenvalue weighted by Gasteiger charge is 2.35. The van der Waals surface area contributed by atoms with Crippen LogP contribution >= 0.6 is 0 Å². The van der Waals surface area contributed by atoms with E-state index >= 15 is 0 Å². The van der Waals surface area contributed by atoms with E-state index < -0.39 is 11.7 Å². The van der Waals surface area contributed by atoms with Gasteiger partial charge in [0.05, 0.1) is 17.1 Å². The van der Waals surface area contributed by atoms with Crippen LogP contribution in [0.15, 0.2) is 30.5 Å². The van der Waals surface area contributed by atoms with E-state index in [1.165, 1.54) is 12.3 Å². The van der Waals surface area contributed by atoms with Crippen LogP contribution in [0.3, 0.4) is 0 Å². The number of nitrogens with one attached hydrogen (secondary N) is 1. The maximum atomic E-state index is 13.1. The van der Waals surface area contributed by atoms with Crippen LogP contribution in [0.2, 0.25) is 0 Å². The van der Waals surface area contributed by atoms with Crippen LogP contribution in [0.5, 0.6) is 0 Å². The molecule has 122 valence electrons. The van der Waals surface area contributed by atoms with E-state index in [1.807, 2.05) is 11.8 Å². The molecule has 1 aromatic carbocycles. The summed E-state index contributed by atoms with van der Waals surface area (Å²) in [6, 6.07) is 5.84. The van der Waals surface area contributed by atoms with E-state index in [2.05, 4.69) is 10.3 Å². The van der Waals surface area contributed by atoms with Crippen molar-refractivity contribution >= 4 is 23.0 Å². The monoisotopic (exact) mass is 323 g/mol. The van der Waals surface area contributed by atoms with Crippen molar-refractivity contribution in [2.45, 2.75) is 19.1 Å². The smallest absolute Gasteiger partial charge is 0.369 e. The molecule has 0 bridgehead atoms. The lowest BCUT2D eigenvalue weighted by atomic mass is 10.1. The zero-order valence-electron chi connectivity index (χ0n) is 12.5. The van der Waals surface area contributed by atoms with Gasteiger partial charge in [-0.15, -0.1) is 0 Å². The third-order valence-electron chi connectivity index (χ3n) is 4.29. The normalized spacial score (nSPS) is 21.7. The number of alkyl halides is 3. The topological polar surface area (TPSA) is 45.2 Å². The first-order chi connectivity index (χ1) is 10.9. The Morgan fingerprint density at radius 1 is 1.30 bits per heavy atom. The van der Waals surface area contributed by atoms with Gasteiger partial charge in [-0.3, -0.25) is 9.78 Å². The van der Waals surface area contributed by atoms with Crippen molar-refractivity contribution in [3.05, 3.63) is 36.0 Å². The molecule has 1 aromatic heterocycles. The molecule has 1 N–H and O–H groups in total. The minimum atomic E-state index is -4.44. The first-order valence-electron chi connectivity index (χ1n) is 7.31. The molecule has 2 unspecified atom stereocenters. The van der Waals surface area contributed by atoms with Crippen LogP contribution in [0.4, 0.5) is 18.9 Å². The summed E-state index contributed by atoms with van der Waals surface area (Å²) in [6.45, 7) is 3.24. The van der Waals surface area contributed by atoms with Gasteiger partial charge in [0.1, 0.15) is 0 Å². The fourth-order valence-electron chi connectivity index (χ4n) is 3.13. The largest absolute Gasteiger partial charge is 0.418 e. The highest BCUT2D eigenvalue weighted by Crippen LogP contribution is 2.38. The van der Waals surface area contributed by atoms with E-state index in [0.29, 0.717) is 30.6 Å². The number of fused-ring (bicyclic) bond motifs is 1. The molecule has 4 nitrogen and oxygen atoms in total. The Morgan fingerprint density at radius 3 is 2.78 bits per heavy atom. The van der Waals surface area contributed by atoms with E-state index in [4.69, 9.17) is 0 Å². The summed E-state index contributed by atoms with van der Waals surface area (Å²) in [4.78, 5) is 16.6. The molecule has 7 heteroatoms. The summed E-state index contributed by atoms with van der Waals surface area (Å²) in [6.07, 6.45) is -2.41. The molecule has 2 heterocycles. The number of pyridine rings is 1. The fourth-order valence-corrected chi connectivity index (χ4v) is 3.13. The summed E-state index contributed by atoms with van der Waals surface area (Å²) >= 11 is 0. The molecule has 2 aromatic rings. The van der Waals surface area contributed by atoms with Gasteiger partial charge in [-0.1, -0.05) is 6.92 Å². The van der Waals surface area contributed by atoms with Crippen LogP contribution in [-0.2, 0) is 11.0 Å². The van der Waals surface area contributed by atoms with Crippen LogP contribution in [-0.4, -0.2) is 30.5 Å². The maximum absolute atomic E-state index is 13.1. The molecule has 0 spiro atoms. The van der Waals surface area contributed by atoms with Gasteiger partial charge in [0.15, 0.2) is 0 Å². The molecule has 1 fully saturated rings. The zero-order valence-corrected chi connectivity index (χ0v) is 12.5. The van der Waals surface area contributed by atoms with Gasteiger partial charge >= 0.3 is 6.18 Å². The second-order valence-corrected chi connectivity index (χ2v) is 5.80. The van der Waals surface area contributed by atoms with Gasteiger partial charge in [-0.25, -0.2) is 0 Å². The summed E-state index contributed by atoms with van der Waals surface area (Å²) in [5.74, 6) is 0.217. The van der Waals surface area contributed by atoms with Crippen molar-refractivity contribution in [1.82, 2.24) is 10.3 Å². The standard InChI is InChI=1S/C16H16F3N3O/c1-10-7-22(8-13(10)21-9-23)14-5-4-12(16(17,18)19)15-11(14)3-2-6-20-15/h2-6,9-10,13H,7-8H2,1H3,(H,21,23). The lowest BCUT2D eigenvalue weighted by Crippen LogP contribution is -2.34.